The van der Waals surface area contributed by atoms with Crippen molar-refractivity contribution in [3.8, 4) is 0 Å². The number of hydrogen-bond donors (Lipinski definition) is 2. The van der Waals surface area contributed by atoms with E-state index in [9.17, 15) is 14.0 Å². The van der Waals surface area contributed by atoms with E-state index in [4.69, 9.17) is 11.6 Å². The summed E-state index contributed by atoms with van der Waals surface area (Å²) in [6.45, 7) is 3.49. The van der Waals surface area contributed by atoms with Gasteiger partial charge in [-0.25, -0.2) is 4.39 Å². The summed E-state index contributed by atoms with van der Waals surface area (Å²) in [7, 11) is 0. The summed E-state index contributed by atoms with van der Waals surface area (Å²) >= 11 is 5.44. The SMILES string of the molecule is O=C(Cl)c1cccc2ccccc12.O=C(NCCN1CCC(c2c[nH]c3cc(F)ccc23)CC1)c1cccc2ccccc12. The lowest BCUT2D eigenvalue weighted by Gasteiger charge is -2.32. The number of carbonyl (C=O) groups is 2. The normalized spacial score (nSPS) is 14.0. The summed E-state index contributed by atoms with van der Waals surface area (Å²) in [6, 6.07) is 32.0. The number of aromatic amines is 1. The number of hydrogen-bond acceptors (Lipinski definition) is 3. The number of aromatic nitrogens is 1. The number of benzene rings is 5. The molecule has 7 heteroatoms. The van der Waals surface area contributed by atoms with Crippen LogP contribution in [0.2, 0.25) is 0 Å². The zero-order valence-electron chi connectivity index (χ0n) is 24.2. The van der Waals surface area contributed by atoms with Crippen molar-refractivity contribution >= 4 is 55.2 Å². The van der Waals surface area contributed by atoms with Gasteiger partial charge in [-0.05, 0) is 101 Å². The molecule has 0 atom stereocenters. The van der Waals surface area contributed by atoms with Crippen LogP contribution in [-0.4, -0.2) is 47.2 Å². The first-order valence-corrected chi connectivity index (χ1v) is 15.3. The summed E-state index contributed by atoms with van der Waals surface area (Å²) in [6.07, 6.45) is 4.18. The molecule has 0 bridgehead atoms. The molecule has 1 aliphatic heterocycles. The molecule has 44 heavy (non-hydrogen) atoms. The number of amides is 1. The highest BCUT2D eigenvalue weighted by atomic mass is 35.5. The molecule has 5 aromatic carbocycles. The average Bonchev–Trinajstić information content (AvgIpc) is 3.47. The van der Waals surface area contributed by atoms with Crippen LogP contribution in [0.5, 0.6) is 0 Å². The molecule has 0 aliphatic carbocycles. The Morgan fingerprint density at radius 1 is 0.795 bits per heavy atom. The fourth-order valence-corrected chi connectivity index (χ4v) is 6.33. The number of H-pyrrole nitrogens is 1. The van der Waals surface area contributed by atoms with Gasteiger partial charge in [-0.2, -0.15) is 0 Å². The summed E-state index contributed by atoms with van der Waals surface area (Å²) in [5.74, 6) is 0.264. The van der Waals surface area contributed by atoms with Crippen LogP contribution in [0, 0.1) is 5.82 Å². The van der Waals surface area contributed by atoms with Crippen molar-refractivity contribution in [3.05, 3.63) is 132 Å². The largest absolute Gasteiger partial charge is 0.361 e. The van der Waals surface area contributed by atoms with E-state index in [1.807, 2.05) is 91.1 Å². The Morgan fingerprint density at radius 2 is 1.41 bits per heavy atom. The highest BCUT2D eigenvalue weighted by molar-refractivity contribution is 6.68. The standard InChI is InChI=1S/C26H26FN3O.C11H7ClO/c27-20-8-9-22-24(17-29-25(22)16-20)19-10-13-30(14-11-19)15-12-28-26(31)23-7-3-5-18-4-1-2-6-21(18)23;12-11(13)10-7-3-5-8-4-1-2-6-9(8)10/h1-9,16-17,19,29H,10-15H2,(H,28,31);1-7H. The molecule has 222 valence electrons. The third kappa shape index (κ3) is 6.52. The van der Waals surface area contributed by atoms with Gasteiger partial charge in [0, 0.05) is 41.3 Å². The lowest BCUT2D eigenvalue weighted by atomic mass is 9.89. The van der Waals surface area contributed by atoms with Gasteiger partial charge in [0.1, 0.15) is 5.82 Å². The van der Waals surface area contributed by atoms with Gasteiger partial charge in [-0.1, -0.05) is 72.8 Å². The van der Waals surface area contributed by atoms with Crippen molar-refractivity contribution in [2.24, 2.45) is 0 Å². The molecule has 2 heterocycles. The molecule has 1 saturated heterocycles. The Balaban J connectivity index is 0.000000220. The van der Waals surface area contributed by atoms with E-state index in [1.54, 1.807) is 12.1 Å². The van der Waals surface area contributed by atoms with E-state index in [-0.39, 0.29) is 11.7 Å². The minimum absolute atomic E-state index is 0.0160. The second kappa shape index (κ2) is 13.4. The highest BCUT2D eigenvalue weighted by Gasteiger charge is 2.23. The first kappa shape index (κ1) is 29.5. The summed E-state index contributed by atoms with van der Waals surface area (Å²) in [5, 5.41) is 7.82. The highest BCUT2D eigenvalue weighted by Crippen LogP contribution is 2.33. The third-order valence-electron chi connectivity index (χ3n) is 8.45. The van der Waals surface area contributed by atoms with Crippen LogP contribution in [0.4, 0.5) is 4.39 Å². The van der Waals surface area contributed by atoms with Crippen LogP contribution in [0.1, 0.15) is 45.0 Å². The number of piperidine rings is 1. The van der Waals surface area contributed by atoms with Gasteiger partial charge in [0.25, 0.3) is 11.1 Å². The second-order valence-electron chi connectivity index (χ2n) is 11.1. The zero-order chi connectivity index (χ0) is 30.5. The van der Waals surface area contributed by atoms with Crippen LogP contribution < -0.4 is 5.32 Å². The number of halogens is 2. The first-order valence-electron chi connectivity index (χ1n) is 14.9. The van der Waals surface area contributed by atoms with Gasteiger partial charge in [0.15, 0.2) is 0 Å². The maximum atomic E-state index is 13.4. The van der Waals surface area contributed by atoms with Crippen molar-refractivity contribution in [2.45, 2.75) is 18.8 Å². The van der Waals surface area contributed by atoms with E-state index in [0.29, 0.717) is 18.0 Å². The van der Waals surface area contributed by atoms with Crippen molar-refractivity contribution in [3.63, 3.8) is 0 Å². The summed E-state index contributed by atoms with van der Waals surface area (Å²) in [5.41, 5.74) is 3.46. The number of nitrogens with one attached hydrogen (secondary N) is 2. The van der Waals surface area contributed by atoms with Crippen LogP contribution in [0.25, 0.3) is 32.4 Å². The Labute approximate surface area is 260 Å². The van der Waals surface area contributed by atoms with E-state index in [1.165, 1.54) is 11.6 Å². The maximum absolute atomic E-state index is 13.4. The molecule has 6 aromatic rings. The summed E-state index contributed by atoms with van der Waals surface area (Å²) in [4.78, 5) is 29.3. The molecule has 0 unspecified atom stereocenters. The van der Waals surface area contributed by atoms with Crippen molar-refractivity contribution in [2.75, 3.05) is 26.2 Å². The average molecular weight is 606 g/mol. The monoisotopic (exact) mass is 605 g/mol. The number of likely N-dealkylation sites (tertiary alicyclic amines) is 1. The van der Waals surface area contributed by atoms with E-state index >= 15 is 0 Å². The lowest BCUT2D eigenvalue weighted by Crippen LogP contribution is -2.39. The van der Waals surface area contributed by atoms with Gasteiger partial charge in [-0.3, -0.25) is 9.59 Å². The Bertz CT molecular complexity index is 1930. The molecule has 0 saturated carbocycles. The molecule has 1 aromatic heterocycles. The second-order valence-corrected chi connectivity index (χ2v) is 11.5. The summed E-state index contributed by atoms with van der Waals surface area (Å²) < 4.78 is 13.4. The number of carbonyl (C=O) groups excluding carboxylic acids is 2. The molecular weight excluding hydrogens is 573 g/mol. The molecule has 5 nitrogen and oxygen atoms in total. The number of fused-ring (bicyclic) bond motifs is 3. The smallest absolute Gasteiger partial charge is 0.253 e. The maximum Gasteiger partial charge on any atom is 0.253 e. The molecule has 2 N–H and O–H groups in total. The van der Waals surface area contributed by atoms with Crippen LogP contribution in [0.15, 0.2) is 109 Å². The Kier molecular flexibility index (Phi) is 9.01. The van der Waals surface area contributed by atoms with Crippen molar-refractivity contribution < 1.29 is 14.0 Å². The topological polar surface area (TPSA) is 65.2 Å². The number of rotatable bonds is 6. The van der Waals surface area contributed by atoms with Crippen LogP contribution in [0.3, 0.4) is 0 Å². The molecule has 0 radical (unpaired) electrons. The molecule has 7 rings (SSSR count). The minimum atomic E-state index is -0.406. The molecule has 0 spiro atoms. The minimum Gasteiger partial charge on any atom is -0.361 e. The predicted molar refractivity (Wildman–Crippen MR) is 177 cm³/mol. The molecule has 1 amide bonds. The first-order chi connectivity index (χ1) is 21.5. The lowest BCUT2D eigenvalue weighted by molar-refractivity contribution is 0.0947. The van der Waals surface area contributed by atoms with Gasteiger partial charge >= 0.3 is 0 Å². The van der Waals surface area contributed by atoms with E-state index < -0.39 is 5.24 Å². The van der Waals surface area contributed by atoms with Gasteiger partial charge in [-0.15, -0.1) is 0 Å². The van der Waals surface area contributed by atoms with E-state index in [2.05, 4.69) is 15.2 Å². The Hall–Kier alpha value is -4.52. The fourth-order valence-electron chi connectivity index (χ4n) is 6.17. The third-order valence-corrected chi connectivity index (χ3v) is 8.66. The Morgan fingerprint density at radius 3 is 2.09 bits per heavy atom. The van der Waals surface area contributed by atoms with Gasteiger partial charge in [0.05, 0.1) is 0 Å². The van der Waals surface area contributed by atoms with Crippen molar-refractivity contribution in [1.29, 1.82) is 0 Å². The van der Waals surface area contributed by atoms with Gasteiger partial charge in [0.2, 0.25) is 0 Å². The fraction of sp³-hybridized carbons (Fsp3) is 0.189. The molecular formula is C37H33ClFN3O2. The molecule has 1 fully saturated rings. The van der Waals surface area contributed by atoms with Crippen molar-refractivity contribution in [1.82, 2.24) is 15.2 Å². The number of nitrogens with zero attached hydrogens (tertiary/aromatic N) is 1. The molecule has 1 aliphatic rings. The predicted octanol–water partition coefficient (Wildman–Crippen LogP) is 8.29. The van der Waals surface area contributed by atoms with E-state index in [0.717, 1.165) is 70.5 Å². The van der Waals surface area contributed by atoms with Crippen LogP contribution in [-0.2, 0) is 0 Å². The quantitative estimate of drug-likeness (QED) is 0.188. The van der Waals surface area contributed by atoms with Crippen LogP contribution >= 0.6 is 11.6 Å². The van der Waals surface area contributed by atoms with Gasteiger partial charge < -0.3 is 15.2 Å². The zero-order valence-corrected chi connectivity index (χ0v) is 25.0.